The van der Waals surface area contributed by atoms with Crippen LogP contribution in [0.2, 0.25) is 0 Å². The van der Waals surface area contributed by atoms with Gasteiger partial charge in [0.2, 0.25) is 5.88 Å². The van der Waals surface area contributed by atoms with Gasteiger partial charge < -0.3 is 9.64 Å². The van der Waals surface area contributed by atoms with E-state index in [1.54, 1.807) is 12.3 Å². The third kappa shape index (κ3) is 3.78. The number of hydrogen-bond acceptors (Lipinski definition) is 3. The maximum absolute atomic E-state index is 12.7. The van der Waals surface area contributed by atoms with Crippen molar-refractivity contribution in [2.45, 2.75) is 31.7 Å². The number of benzene rings is 1. The van der Waals surface area contributed by atoms with Gasteiger partial charge in [-0.2, -0.15) is 0 Å². The van der Waals surface area contributed by atoms with E-state index in [2.05, 4.69) is 20.9 Å². The molecule has 2 aliphatic rings. The maximum atomic E-state index is 12.7. The van der Waals surface area contributed by atoms with Gasteiger partial charge in [-0.1, -0.05) is 22.0 Å². The van der Waals surface area contributed by atoms with E-state index in [0.29, 0.717) is 29.2 Å². The van der Waals surface area contributed by atoms with Crippen molar-refractivity contribution in [2.24, 2.45) is 5.92 Å². The van der Waals surface area contributed by atoms with Crippen LogP contribution in [0.1, 0.15) is 36.0 Å². The fraction of sp³-hybridized carbons (Fsp3) is 0.368. The summed E-state index contributed by atoms with van der Waals surface area (Å²) in [5.41, 5.74) is 0.643. The first kappa shape index (κ1) is 15.6. The number of aromatic nitrogens is 1. The number of rotatable bonds is 6. The maximum Gasteiger partial charge on any atom is 0.255 e. The summed E-state index contributed by atoms with van der Waals surface area (Å²) in [7, 11) is 0. The molecule has 4 rings (SSSR count). The molecule has 0 atom stereocenters. The largest absolute Gasteiger partial charge is 0.439 e. The zero-order valence-corrected chi connectivity index (χ0v) is 14.9. The lowest BCUT2D eigenvalue weighted by atomic mass is 10.2. The normalized spacial score (nSPS) is 16.7. The summed E-state index contributed by atoms with van der Waals surface area (Å²) in [6.07, 6.45) is 6.41. The van der Waals surface area contributed by atoms with Gasteiger partial charge in [0, 0.05) is 29.3 Å². The van der Waals surface area contributed by atoms with Crippen LogP contribution in [0, 0.1) is 5.92 Å². The molecule has 2 aliphatic carbocycles. The molecule has 0 bridgehead atoms. The standard InChI is InChI=1S/C19H19BrN2O2/c20-15-2-1-3-17(10-15)24-18-9-6-14(11-21-18)19(23)22(16-7-8-16)12-13-4-5-13/h1-3,6,9-11,13,16H,4-5,7-8,12H2. The third-order valence-electron chi connectivity index (χ3n) is 4.40. The monoisotopic (exact) mass is 386 g/mol. The minimum absolute atomic E-state index is 0.103. The van der Waals surface area contributed by atoms with Crippen molar-refractivity contribution in [2.75, 3.05) is 6.54 Å². The zero-order valence-electron chi connectivity index (χ0n) is 13.3. The summed E-state index contributed by atoms with van der Waals surface area (Å²) in [5, 5.41) is 0. The Morgan fingerprint density at radius 2 is 2.04 bits per heavy atom. The lowest BCUT2D eigenvalue weighted by Gasteiger charge is -2.22. The van der Waals surface area contributed by atoms with Crippen molar-refractivity contribution in [1.82, 2.24) is 9.88 Å². The van der Waals surface area contributed by atoms with Crippen LogP contribution in [0.3, 0.4) is 0 Å². The van der Waals surface area contributed by atoms with E-state index in [1.165, 1.54) is 12.8 Å². The van der Waals surface area contributed by atoms with Gasteiger partial charge in [0.15, 0.2) is 0 Å². The van der Waals surface area contributed by atoms with Gasteiger partial charge in [-0.05, 0) is 55.9 Å². The van der Waals surface area contributed by atoms with Crippen molar-refractivity contribution >= 4 is 21.8 Å². The molecule has 2 saturated carbocycles. The molecule has 1 amide bonds. The van der Waals surface area contributed by atoms with Crippen LogP contribution in [0.15, 0.2) is 47.1 Å². The van der Waals surface area contributed by atoms with Crippen molar-refractivity contribution in [1.29, 1.82) is 0 Å². The Morgan fingerprint density at radius 3 is 2.67 bits per heavy atom. The molecule has 4 nitrogen and oxygen atoms in total. The molecule has 0 N–H and O–H groups in total. The molecule has 2 fully saturated rings. The van der Waals surface area contributed by atoms with Crippen molar-refractivity contribution in [3.63, 3.8) is 0 Å². The molecule has 0 radical (unpaired) electrons. The van der Waals surface area contributed by atoms with Gasteiger partial charge in [-0.15, -0.1) is 0 Å². The molecule has 0 spiro atoms. The average molecular weight is 387 g/mol. The van der Waals surface area contributed by atoms with Gasteiger partial charge >= 0.3 is 0 Å². The van der Waals surface area contributed by atoms with Crippen LogP contribution in [0.5, 0.6) is 11.6 Å². The topological polar surface area (TPSA) is 42.4 Å². The SMILES string of the molecule is O=C(c1ccc(Oc2cccc(Br)c2)nc1)N(CC1CC1)C1CC1. The fourth-order valence-corrected chi connectivity index (χ4v) is 3.13. The van der Waals surface area contributed by atoms with E-state index in [4.69, 9.17) is 4.74 Å². The minimum Gasteiger partial charge on any atom is -0.439 e. The predicted molar refractivity (Wildman–Crippen MR) is 95.2 cm³/mol. The number of halogens is 1. The number of pyridine rings is 1. The van der Waals surface area contributed by atoms with E-state index in [9.17, 15) is 4.79 Å². The van der Waals surface area contributed by atoms with Gasteiger partial charge in [-0.25, -0.2) is 4.98 Å². The second-order valence-electron chi connectivity index (χ2n) is 6.58. The summed E-state index contributed by atoms with van der Waals surface area (Å²) in [6, 6.07) is 11.6. The lowest BCUT2D eigenvalue weighted by molar-refractivity contribution is 0.0734. The molecule has 0 aliphatic heterocycles. The number of hydrogen-bond donors (Lipinski definition) is 0. The Bertz CT molecular complexity index is 739. The molecular formula is C19H19BrN2O2. The van der Waals surface area contributed by atoms with Crippen LogP contribution in [0.4, 0.5) is 0 Å². The first-order valence-corrected chi connectivity index (χ1v) is 9.19. The number of carbonyl (C=O) groups is 1. The zero-order chi connectivity index (χ0) is 16.5. The predicted octanol–water partition coefficient (Wildman–Crippen LogP) is 4.65. The number of amides is 1. The van der Waals surface area contributed by atoms with Crippen LogP contribution in [-0.2, 0) is 0 Å². The van der Waals surface area contributed by atoms with E-state index in [1.807, 2.05) is 35.2 Å². The molecule has 1 heterocycles. The highest BCUT2D eigenvalue weighted by molar-refractivity contribution is 9.10. The number of carbonyl (C=O) groups excluding carboxylic acids is 1. The van der Waals surface area contributed by atoms with Crippen LogP contribution >= 0.6 is 15.9 Å². The first-order chi connectivity index (χ1) is 11.7. The van der Waals surface area contributed by atoms with Gasteiger partial charge in [-0.3, -0.25) is 4.79 Å². The van der Waals surface area contributed by atoms with Crippen molar-refractivity contribution < 1.29 is 9.53 Å². The summed E-state index contributed by atoms with van der Waals surface area (Å²) in [6.45, 7) is 0.903. The third-order valence-corrected chi connectivity index (χ3v) is 4.90. The molecule has 0 unspecified atom stereocenters. The minimum atomic E-state index is 0.103. The van der Waals surface area contributed by atoms with Gasteiger partial charge in [0.05, 0.1) is 5.56 Å². The fourth-order valence-electron chi connectivity index (χ4n) is 2.75. The van der Waals surface area contributed by atoms with Crippen molar-refractivity contribution in [3.05, 3.63) is 52.6 Å². The molecule has 5 heteroatoms. The summed E-state index contributed by atoms with van der Waals surface area (Å²) in [4.78, 5) is 19.1. The molecule has 124 valence electrons. The van der Waals surface area contributed by atoms with Gasteiger partial charge in [0.25, 0.3) is 5.91 Å². The molecule has 2 aromatic rings. The Balaban J connectivity index is 1.45. The van der Waals surface area contributed by atoms with E-state index >= 15 is 0 Å². The quantitative estimate of drug-likeness (QED) is 0.725. The Kier molecular flexibility index (Phi) is 4.27. The Labute approximate surface area is 150 Å². The second-order valence-corrected chi connectivity index (χ2v) is 7.49. The molecule has 1 aromatic heterocycles. The first-order valence-electron chi connectivity index (χ1n) is 8.39. The highest BCUT2D eigenvalue weighted by atomic mass is 79.9. The molecule has 1 aromatic carbocycles. The van der Waals surface area contributed by atoms with E-state index in [-0.39, 0.29) is 5.91 Å². The lowest BCUT2D eigenvalue weighted by Crippen LogP contribution is -2.34. The summed E-state index contributed by atoms with van der Waals surface area (Å²) < 4.78 is 6.67. The molecule has 0 saturated heterocycles. The van der Waals surface area contributed by atoms with E-state index < -0.39 is 0 Å². The van der Waals surface area contributed by atoms with Crippen LogP contribution < -0.4 is 4.74 Å². The molecular weight excluding hydrogens is 368 g/mol. The molecule has 24 heavy (non-hydrogen) atoms. The Hall–Kier alpha value is -1.88. The summed E-state index contributed by atoms with van der Waals surface area (Å²) in [5.74, 6) is 2.02. The van der Waals surface area contributed by atoms with Crippen molar-refractivity contribution in [3.8, 4) is 11.6 Å². The summed E-state index contributed by atoms with van der Waals surface area (Å²) >= 11 is 3.42. The smallest absolute Gasteiger partial charge is 0.255 e. The highest BCUT2D eigenvalue weighted by Gasteiger charge is 2.36. The number of nitrogens with zero attached hydrogens (tertiary/aromatic N) is 2. The Morgan fingerprint density at radius 1 is 1.21 bits per heavy atom. The number of ether oxygens (including phenoxy) is 1. The average Bonchev–Trinajstić information content (AvgIpc) is 3.46. The van der Waals surface area contributed by atoms with Crippen LogP contribution in [-0.4, -0.2) is 28.4 Å². The highest BCUT2D eigenvalue weighted by Crippen LogP contribution is 2.35. The van der Waals surface area contributed by atoms with Gasteiger partial charge in [0.1, 0.15) is 5.75 Å². The van der Waals surface area contributed by atoms with Crippen LogP contribution in [0.25, 0.3) is 0 Å². The van der Waals surface area contributed by atoms with E-state index in [0.717, 1.165) is 23.9 Å². The second kappa shape index (κ2) is 6.55.